The Balaban J connectivity index is 1.74. The van der Waals surface area contributed by atoms with E-state index in [1.807, 2.05) is 43.4 Å². The molecule has 0 fully saturated rings. The van der Waals surface area contributed by atoms with Crippen LogP contribution in [0.4, 0.5) is 17.5 Å². The van der Waals surface area contributed by atoms with Crippen molar-refractivity contribution >= 4 is 17.5 Å². The molecule has 4 heteroatoms. The van der Waals surface area contributed by atoms with Gasteiger partial charge in [0.2, 0.25) is 5.95 Å². The Morgan fingerprint density at radius 2 is 1.83 bits per heavy atom. The maximum atomic E-state index is 4.60. The first-order chi connectivity index (χ1) is 11.2. The zero-order valence-corrected chi connectivity index (χ0v) is 13.4. The van der Waals surface area contributed by atoms with Gasteiger partial charge in [0.15, 0.2) is 0 Å². The highest BCUT2D eigenvalue weighted by Gasteiger charge is 2.06. The average molecular weight is 304 g/mol. The van der Waals surface area contributed by atoms with Crippen LogP contribution in [0.15, 0.2) is 66.9 Å². The van der Waals surface area contributed by atoms with Crippen molar-refractivity contribution in [3.8, 4) is 0 Å². The van der Waals surface area contributed by atoms with E-state index in [-0.39, 0.29) is 0 Å². The van der Waals surface area contributed by atoms with Crippen LogP contribution in [0.1, 0.15) is 11.1 Å². The van der Waals surface area contributed by atoms with Gasteiger partial charge in [0.25, 0.3) is 0 Å². The maximum Gasteiger partial charge on any atom is 0.229 e. The van der Waals surface area contributed by atoms with Crippen molar-refractivity contribution in [2.45, 2.75) is 13.5 Å². The largest absolute Gasteiger partial charge is 0.355 e. The Labute approximate surface area is 136 Å². The van der Waals surface area contributed by atoms with Crippen LogP contribution in [0, 0.1) is 6.92 Å². The third kappa shape index (κ3) is 4.07. The maximum absolute atomic E-state index is 4.60. The van der Waals surface area contributed by atoms with Gasteiger partial charge in [-0.05, 0) is 36.2 Å². The zero-order chi connectivity index (χ0) is 16.1. The highest BCUT2D eigenvalue weighted by molar-refractivity contribution is 5.55. The molecule has 23 heavy (non-hydrogen) atoms. The molecular formula is C19H20N4. The van der Waals surface area contributed by atoms with Gasteiger partial charge in [-0.15, -0.1) is 0 Å². The van der Waals surface area contributed by atoms with Crippen LogP contribution in [0.5, 0.6) is 0 Å². The quantitative estimate of drug-likeness (QED) is 0.768. The minimum Gasteiger partial charge on any atom is -0.355 e. The van der Waals surface area contributed by atoms with Crippen LogP contribution in [0.25, 0.3) is 0 Å². The molecule has 0 unspecified atom stereocenters. The number of benzene rings is 2. The lowest BCUT2D eigenvalue weighted by Crippen LogP contribution is -2.18. The molecule has 1 N–H and O–H groups in total. The summed E-state index contributed by atoms with van der Waals surface area (Å²) in [5.74, 6) is 1.49. The molecule has 0 atom stereocenters. The lowest BCUT2D eigenvalue weighted by atomic mass is 10.2. The van der Waals surface area contributed by atoms with E-state index in [9.17, 15) is 0 Å². The van der Waals surface area contributed by atoms with Crippen molar-refractivity contribution in [1.82, 2.24) is 9.97 Å². The van der Waals surface area contributed by atoms with Crippen LogP contribution in [0.2, 0.25) is 0 Å². The van der Waals surface area contributed by atoms with E-state index < -0.39 is 0 Å². The zero-order valence-electron chi connectivity index (χ0n) is 13.4. The fourth-order valence-electron chi connectivity index (χ4n) is 2.41. The number of hydrogen-bond donors (Lipinski definition) is 1. The third-order valence-electron chi connectivity index (χ3n) is 3.57. The third-order valence-corrected chi connectivity index (χ3v) is 3.57. The van der Waals surface area contributed by atoms with E-state index in [4.69, 9.17) is 0 Å². The first-order valence-corrected chi connectivity index (χ1v) is 7.62. The molecule has 116 valence electrons. The second-order valence-electron chi connectivity index (χ2n) is 5.57. The minimum atomic E-state index is 0.605. The second-order valence-corrected chi connectivity index (χ2v) is 5.57. The Bertz CT molecular complexity index is 771. The molecule has 0 spiro atoms. The van der Waals surface area contributed by atoms with Crippen LogP contribution in [-0.4, -0.2) is 17.0 Å². The molecule has 0 aliphatic rings. The summed E-state index contributed by atoms with van der Waals surface area (Å²) in [6.07, 6.45) is 1.78. The standard InChI is InChI=1S/C19H20N4/c1-15-7-6-10-17(13-15)21-19-20-12-11-18(22-19)23(2)14-16-8-4-3-5-9-16/h3-13H,14H2,1-2H3,(H,20,21,22). The second kappa shape index (κ2) is 6.92. The van der Waals surface area contributed by atoms with E-state index in [1.165, 1.54) is 11.1 Å². The van der Waals surface area contributed by atoms with Gasteiger partial charge in [0.05, 0.1) is 0 Å². The smallest absolute Gasteiger partial charge is 0.229 e. The summed E-state index contributed by atoms with van der Waals surface area (Å²) < 4.78 is 0. The monoisotopic (exact) mass is 304 g/mol. The fourth-order valence-corrected chi connectivity index (χ4v) is 2.41. The molecule has 0 aliphatic heterocycles. The SMILES string of the molecule is Cc1cccc(Nc2nccc(N(C)Cc3ccccc3)n2)c1. The van der Waals surface area contributed by atoms with Gasteiger partial charge in [0, 0.05) is 25.5 Å². The molecule has 0 radical (unpaired) electrons. The molecule has 3 rings (SSSR count). The van der Waals surface area contributed by atoms with Crippen LogP contribution >= 0.6 is 0 Å². The molecule has 0 amide bonds. The molecule has 0 saturated carbocycles. The van der Waals surface area contributed by atoms with E-state index in [2.05, 4.69) is 51.4 Å². The van der Waals surface area contributed by atoms with Crippen LogP contribution in [-0.2, 0) is 6.54 Å². The number of hydrogen-bond acceptors (Lipinski definition) is 4. The summed E-state index contributed by atoms with van der Waals surface area (Å²) >= 11 is 0. The summed E-state index contributed by atoms with van der Waals surface area (Å²) in [6, 6.07) is 20.4. The summed E-state index contributed by atoms with van der Waals surface area (Å²) in [5.41, 5.74) is 3.45. The van der Waals surface area contributed by atoms with Gasteiger partial charge in [0.1, 0.15) is 5.82 Å². The first kappa shape index (κ1) is 15.0. The van der Waals surface area contributed by atoms with E-state index in [1.54, 1.807) is 6.20 Å². The van der Waals surface area contributed by atoms with Crippen molar-refractivity contribution in [3.63, 3.8) is 0 Å². The van der Waals surface area contributed by atoms with Crippen molar-refractivity contribution in [2.24, 2.45) is 0 Å². The van der Waals surface area contributed by atoms with Crippen molar-refractivity contribution in [1.29, 1.82) is 0 Å². The van der Waals surface area contributed by atoms with E-state index >= 15 is 0 Å². The predicted octanol–water partition coefficient (Wildman–Crippen LogP) is 4.17. The minimum absolute atomic E-state index is 0.605. The lowest BCUT2D eigenvalue weighted by molar-refractivity contribution is 0.893. The van der Waals surface area contributed by atoms with Crippen molar-refractivity contribution in [3.05, 3.63) is 78.0 Å². The van der Waals surface area contributed by atoms with Crippen molar-refractivity contribution < 1.29 is 0 Å². The molecule has 0 aliphatic carbocycles. The molecule has 2 aromatic carbocycles. The van der Waals surface area contributed by atoms with Crippen LogP contribution < -0.4 is 10.2 Å². The number of rotatable bonds is 5. The van der Waals surface area contributed by atoms with Gasteiger partial charge in [-0.1, -0.05) is 42.5 Å². The van der Waals surface area contributed by atoms with Gasteiger partial charge in [-0.3, -0.25) is 0 Å². The Morgan fingerprint density at radius 1 is 1.00 bits per heavy atom. The lowest BCUT2D eigenvalue weighted by Gasteiger charge is -2.18. The molecular weight excluding hydrogens is 284 g/mol. The number of nitrogens with zero attached hydrogens (tertiary/aromatic N) is 3. The molecule has 0 bridgehead atoms. The molecule has 0 saturated heterocycles. The number of aryl methyl sites for hydroxylation is 1. The predicted molar refractivity (Wildman–Crippen MR) is 95.0 cm³/mol. The number of nitrogens with one attached hydrogen (secondary N) is 1. The average Bonchev–Trinajstić information content (AvgIpc) is 2.56. The molecule has 4 nitrogen and oxygen atoms in total. The summed E-state index contributed by atoms with van der Waals surface area (Å²) in [7, 11) is 2.03. The summed E-state index contributed by atoms with van der Waals surface area (Å²) in [6.45, 7) is 2.87. The molecule has 1 heterocycles. The van der Waals surface area contributed by atoms with Crippen molar-refractivity contribution in [2.75, 3.05) is 17.3 Å². The van der Waals surface area contributed by atoms with Gasteiger partial charge in [-0.25, -0.2) is 4.98 Å². The van der Waals surface area contributed by atoms with Gasteiger partial charge < -0.3 is 10.2 Å². The Kier molecular flexibility index (Phi) is 4.52. The number of aromatic nitrogens is 2. The molecule has 1 aromatic heterocycles. The van der Waals surface area contributed by atoms with E-state index in [0.29, 0.717) is 5.95 Å². The normalized spacial score (nSPS) is 10.3. The van der Waals surface area contributed by atoms with Gasteiger partial charge in [-0.2, -0.15) is 4.98 Å². The molecule has 3 aromatic rings. The highest BCUT2D eigenvalue weighted by Crippen LogP contribution is 2.17. The highest BCUT2D eigenvalue weighted by atomic mass is 15.2. The first-order valence-electron chi connectivity index (χ1n) is 7.62. The topological polar surface area (TPSA) is 41.1 Å². The Hall–Kier alpha value is -2.88. The summed E-state index contributed by atoms with van der Waals surface area (Å²) in [4.78, 5) is 11.0. The Morgan fingerprint density at radius 3 is 2.61 bits per heavy atom. The number of anilines is 3. The fraction of sp³-hybridized carbons (Fsp3) is 0.158. The summed E-state index contributed by atoms with van der Waals surface area (Å²) in [5, 5.41) is 3.25. The van der Waals surface area contributed by atoms with E-state index in [0.717, 1.165) is 18.1 Å². The van der Waals surface area contributed by atoms with Gasteiger partial charge >= 0.3 is 0 Å². The van der Waals surface area contributed by atoms with Crippen LogP contribution in [0.3, 0.4) is 0 Å².